The molecule has 0 radical (unpaired) electrons. The summed E-state index contributed by atoms with van der Waals surface area (Å²) < 4.78 is 0. The first-order chi connectivity index (χ1) is 8.43. The number of likely N-dealkylation sites (N-methyl/N-ethyl adjacent to an activating group) is 1. The average Bonchev–Trinajstić information content (AvgIpc) is 2.28. The maximum atomic E-state index is 11.9. The van der Waals surface area contributed by atoms with E-state index in [0.717, 1.165) is 6.07 Å². The van der Waals surface area contributed by atoms with Crippen molar-refractivity contribution < 1.29 is 15.0 Å². The lowest BCUT2D eigenvalue weighted by molar-refractivity contribution is 0.0940. The summed E-state index contributed by atoms with van der Waals surface area (Å²) in [6.45, 7) is 2.38. The molecule has 0 aliphatic heterocycles. The molecule has 18 heavy (non-hydrogen) atoms. The third-order valence-corrected chi connectivity index (χ3v) is 2.50. The van der Waals surface area contributed by atoms with Crippen LogP contribution < -0.4 is 0 Å². The second-order valence-corrected chi connectivity index (χ2v) is 4.35. The Morgan fingerprint density at radius 2 is 2.17 bits per heavy atom. The molecule has 0 saturated heterocycles. The van der Waals surface area contributed by atoms with Crippen molar-refractivity contribution in [3.8, 4) is 17.6 Å². The van der Waals surface area contributed by atoms with Crippen LogP contribution in [-0.2, 0) is 0 Å². The molecule has 0 aliphatic rings. The van der Waals surface area contributed by atoms with Gasteiger partial charge in [-0.15, -0.1) is 0 Å². The lowest BCUT2D eigenvalue weighted by atomic mass is 10.1. The van der Waals surface area contributed by atoms with Crippen molar-refractivity contribution in [1.29, 1.82) is 5.26 Å². The Labute approximate surface area is 106 Å². The van der Waals surface area contributed by atoms with Gasteiger partial charge in [0.1, 0.15) is 11.5 Å². The maximum absolute atomic E-state index is 11.9. The second-order valence-electron chi connectivity index (χ2n) is 4.35. The fraction of sp³-hybridized carbons (Fsp3) is 0.385. The van der Waals surface area contributed by atoms with Crippen molar-refractivity contribution in [2.45, 2.75) is 6.92 Å². The summed E-state index contributed by atoms with van der Waals surface area (Å²) in [6, 6.07) is 5.96. The number of hydrogen-bond donors (Lipinski definition) is 2. The normalized spacial score (nSPS) is 12.1. The fourth-order valence-electron chi connectivity index (χ4n) is 1.66. The number of Topliss-reactive ketones (excluding diaryl/α,β-unsaturated/α-hetero) is 1. The third kappa shape index (κ3) is 3.75. The molecule has 0 saturated carbocycles. The van der Waals surface area contributed by atoms with Crippen LogP contribution in [0.1, 0.15) is 17.3 Å². The van der Waals surface area contributed by atoms with Gasteiger partial charge in [-0.3, -0.25) is 9.69 Å². The summed E-state index contributed by atoms with van der Waals surface area (Å²) in [5, 5.41) is 27.4. The second kappa shape index (κ2) is 6.03. The highest BCUT2D eigenvalue weighted by Crippen LogP contribution is 2.23. The summed E-state index contributed by atoms with van der Waals surface area (Å²) in [5.41, 5.74) is 0.171. The molecule has 0 heterocycles. The van der Waals surface area contributed by atoms with Crippen molar-refractivity contribution in [3.05, 3.63) is 23.8 Å². The number of phenols is 2. The van der Waals surface area contributed by atoms with Crippen LogP contribution in [0.2, 0.25) is 0 Å². The van der Waals surface area contributed by atoms with Gasteiger partial charge in [-0.05, 0) is 26.1 Å². The number of ketones is 1. The van der Waals surface area contributed by atoms with Crippen molar-refractivity contribution in [1.82, 2.24) is 4.90 Å². The number of hydrogen-bond acceptors (Lipinski definition) is 5. The van der Waals surface area contributed by atoms with E-state index in [1.807, 2.05) is 0 Å². The van der Waals surface area contributed by atoms with E-state index in [9.17, 15) is 9.90 Å². The first-order valence-electron chi connectivity index (χ1n) is 5.57. The highest BCUT2D eigenvalue weighted by Gasteiger charge is 2.15. The largest absolute Gasteiger partial charge is 0.508 e. The number of carbonyl (C=O) groups is 1. The maximum Gasteiger partial charge on any atom is 0.180 e. The fourth-order valence-corrected chi connectivity index (χ4v) is 1.66. The summed E-state index contributed by atoms with van der Waals surface area (Å²) in [4.78, 5) is 13.6. The van der Waals surface area contributed by atoms with Crippen LogP contribution in [0.3, 0.4) is 0 Å². The van der Waals surface area contributed by atoms with E-state index < -0.39 is 0 Å². The van der Waals surface area contributed by atoms with Gasteiger partial charge in [0.05, 0.1) is 24.1 Å². The van der Waals surface area contributed by atoms with Gasteiger partial charge in [-0.1, -0.05) is 0 Å². The molecule has 0 bridgehead atoms. The molecular formula is C13H16N2O3. The van der Waals surface area contributed by atoms with Crippen LogP contribution in [0.4, 0.5) is 0 Å². The van der Waals surface area contributed by atoms with Gasteiger partial charge in [0.15, 0.2) is 5.78 Å². The molecule has 0 fully saturated rings. The predicted octanol–water partition coefficient (Wildman–Crippen LogP) is 1.37. The SMILES string of the molecule is CC(C#N)CN(C)CC(=O)c1ccc(O)cc1O. The Morgan fingerprint density at radius 1 is 1.50 bits per heavy atom. The number of nitriles is 1. The molecule has 2 N–H and O–H groups in total. The molecule has 0 aromatic heterocycles. The molecule has 0 amide bonds. The number of nitrogens with zero attached hydrogens (tertiary/aromatic N) is 2. The number of carbonyl (C=O) groups excluding carboxylic acids is 1. The lowest BCUT2D eigenvalue weighted by Gasteiger charge is -2.17. The lowest BCUT2D eigenvalue weighted by Crippen LogP contribution is -2.29. The van der Waals surface area contributed by atoms with Crippen LogP contribution in [0.5, 0.6) is 11.5 Å². The summed E-state index contributed by atoms with van der Waals surface area (Å²) in [5.74, 6) is -0.728. The highest BCUT2D eigenvalue weighted by atomic mass is 16.3. The molecule has 96 valence electrons. The molecule has 1 aromatic rings. The average molecular weight is 248 g/mol. The Bertz CT molecular complexity index is 480. The van der Waals surface area contributed by atoms with Gasteiger partial charge in [-0.2, -0.15) is 5.26 Å². The summed E-state index contributed by atoms with van der Waals surface area (Å²) >= 11 is 0. The van der Waals surface area contributed by atoms with Crippen LogP contribution >= 0.6 is 0 Å². The molecule has 0 spiro atoms. The smallest absolute Gasteiger partial charge is 0.180 e. The molecule has 1 aromatic carbocycles. The van der Waals surface area contributed by atoms with E-state index in [1.54, 1.807) is 18.9 Å². The van der Waals surface area contributed by atoms with Crippen molar-refractivity contribution in [2.75, 3.05) is 20.1 Å². The number of benzene rings is 1. The monoisotopic (exact) mass is 248 g/mol. The van der Waals surface area contributed by atoms with Crippen molar-refractivity contribution in [3.63, 3.8) is 0 Å². The predicted molar refractivity (Wildman–Crippen MR) is 66.4 cm³/mol. The number of aromatic hydroxyl groups is 2. The number of rotatable bonds is 5. The van der Waals surface area contributed by atoms with Gasteiger partial charge in [-0.25, -0.2) is 0 Å². The van der Waals surface area contributed by atoms with E-state index in [-0.39, 0.29) is 35.3 Å². The zero-order valence-electron chi connectivity index (χ0n) is 10.4. The quantitative estimate of drug-likeness (QED) is 0.769. The van der Waals surface area contributed by atoms with E-state index in [4.69, 9.17) is 10.4 Å². The van der Waals surface area contributed by atoms with Crippen LogP contribution in [0.25, 0.3) is 0 Å². The molecular weight excluding hydrogens is 232 g/mol. The molecule has 0 aliphatic carbocycles. The van der Waals surface area contributed by atoms with E-state index in [2.05, 4.69) is 6.07 Å². The molecule has 5 heteroatoms. The minimum atomic E-state index is -0.250. The Morgan fingerprint density at radius 3 is 2.72 bits per heavy atom. The van der Waals surface area contributed by atoms with Crippen LogP contribution in [0.15, 0.2) is 18.2 Å². The van der Waals surface area contributed by atoms with Crippen molar-refractivity contribution >= 4 is 5.78 Å². The van der Waals surface area contributed by atoms with Crippen molar-refractivity contribution in [2.24, 2.45) is 5.92 Å². The zero-order valence-corrected chi connectivity index (χ0v) is 10.4. The molecule has 1 unspecified atom stereocenters. The van der Waals surface area contributed by atoms with Gasteiger partial charge in [0.25, 0.3) is 0 Å². The Kier molecular flexibility index (Phi) is 4.69. The van der Waals surface area contributed by atoms with Gasteiger partial charge in [0.2, 0.25) is 0 Å². The van der Waals surface area contributed by atoms with Gasteiger partial charge in [0, 0.05) is 12.6 Å². The first kappa shape index (κ1) is 14.0. The minimum absolute atomic E-state index is 0.0875. The van der Waals surface area contributed by atoms with E-state index >= 15 is 0 Å². The highest BCUT2D eigenvalue weighted by molar-refractivity contribution is 6.00. The van der Waals surface area contributed by atoms with Gasteiger partial charge >= 0.3 is 0 Å². The molecule has 5 nitrogen and oxygen atoms in total. The Hall–Kier alpha value is -2.06. The van der Waals surface area contributed by atoms with E-state index in [1.165, 1.54) is 12.1 Å². The third-order valence-electron chi connectivity index (χ3n) is 2.50. The van der Waals surface area contributed by atoms with Crippen LogP contribution in [-0.4, -0.2) is 41.0 Å². The zero-order chi connectivity index (χ0) is 13.7. The first-order valence-corrected chi connectivity index (χ1v) is 5.57. The molecule has 1 rings (SSSR count). The van der Waals surface area contributed by atoms with Crippen LogP contribution in [0, 0.1) is 17.2 Å². The molecule has 1 atom stereocenters. The summed E-state index contributed by atoms with van der Waals surface area (Å²) in [7, 11) is 1.74. The topological polar surface area (TPSA) is 84.6 Å². The number of phenolic OH excluding ortho intramolecular Hbond substituents is 2. The minimum Gasteiger partial charge on any atom is -0.508 e. The Balaban J connectivity index is 2.68. The summed E-state index contributed by atoms with van der Waals surface area (Å²) in [6.07, 6.45) is 0. The standard InChI is InChI=1S/C13H16N2O3/c1-9(6-14)7-15(2)8-13(18)11-4-3-10(16)5-12(11)17/h3-5,9,16-17H,7-8H2,1-2H3. The van der Waals surface area contributed by atoms with Gasteiger partial charge < -0.3 is 10.2 Å². The van der Waals surface area contributed by atoms with E-state index in [0.29, 0.717) is 6.54 Å².